The van der Waals surface area contributed by atoms with Crippen LogP contribution in [0.1, 0.15) is 12.8 Å². The molecule has 5 heteroatoms. The molecule has 3 rings (SSSR count). The Hall–Kier alpha value is -0.650. The van der Waals surface area contributed by atoms with Crippen LogP contribution in [0.25, 0.3) is 0 Å². The van der Waals surface area contributed by atoms with Gasteiger partial charge >= 0.3 is 0 Å². The molecular formula is C14H25N3O2. The maximum Gasteiger partial charge on any atom is 0.222 e. The van der Waals surface area contributed by atoms with E-state index < -0.39 is 0 Å². The molecule has 0 aromatic carbocycles. The van der Waals surface area contributed by atoms with Crippen LogP contribution in [0.3, 0.4) is 0 Å². The molecule has 0 saturated carbocycles. The summed E-state index contributed by atoms with van der Waals surface area (Å²) in [5.74, 6) is 2.02. The van der Waals surface area contributed by atoms with Crippen LogP contribution in [0.2, 0.25) is 0 Å². The maximum atomic E-state index is 12.0. The first kappa shape index (κ1) is 13.3. The monoisotopic (exact) mass is 267 g/mol. The second kappa shape index (κ2) is 6.20. The predicted octanol–water partition coefficient (Wildman–Crippen LogP) is -0.223. The first-order chi connectivity index (χ1) is 9.33. The summed E-state index contributed by atoms with van der Waals surface area (Å²) in [7, 11) is 0. The topological polar surface area (TPSA) is 44.8 Å². The number of morpholine rings is 1. The number of ether oxygens (including phenoxy) is 1. The molecule has 3 aliphatic heterocycles. The highest BCUT2D eigenvalue weighted by molar-refractivity contribution is 5.76. The number of carbonyl (C=O) groups is 1. The minimum Gasteiger partial charge on any atom is -0.378 e. The van der Waals surface area contributed by atoms with Gasteiger partial charge in [0.15, 0.2) is 0 Å². The Kier molecular flexibility index (Phi) is 4.35. The number of nitrogens with zero attached hydrogens (tertiary/aromatic N) is 2. The van der Waals surface area contributed by atoms with Gasteiger partial charge in [-0.2, -0.15) is 0 Å². The standard InChI is InChI=1S/C14H25N3O2/c18-14(17-4-6-19-7-5-17)2-1-3-16-10-12-8-15-9-13(12)11-16/h12-13,15H,1-11H2/t12-,13+. The Labute approximate surface area is 115 Å². The minimum atomic E-state index is 0.310. The number of fused-ring (bicyclic) bond motifs is 1. The average molecular weight is 267 g/mol. The summed E-state index contributed by atoms with van der Waals surface area (Å²) in [4.78, 5) is 16.5. The van der Waals surface area contributed by atoms with Crippen molar-refractivity contribution in [3.8, 4) is 0 Å². The summed E-state index contributed by atoms with van der Waals surface area (Å²) in [6.45, 7) is 8.87. The van der Waals surface area contributed by atoms with Crippen LogP contribution in [0.4, 0.5) is 0 Å². The van der Waals surface area contributed by atoms with E-state index in [0.717, 1.165) is 37.9 Å². The molecule has 3 heterocycles. The van der Waals surface area contributed by atoms with Gasteiger partial charge < -0.3 is 19.9 Å². The van der Waals surface area contributed by atoms with Gasteiger partial charge in [-0.05, 0) is 37.9 Å². The normalized spacial score (nSPS) is 31.7. The molecule has 108 valence electrons. The smallest absolute Gasteiger partial charge is 0.222 e. The van der Waals surface area contributed by atoms with Crippen molar-refractivity contribution in [2.75, 3.05) is 59.0 Å². The summed E-state index contributed by atoms with van der Waals surface area (Å²) in [5.41, 5.74) is 0. The number of nitrogens with one attached hydrogen (secondary N) is 1. The van der Waals surface area contributed by atoms with Crippen molar-refractivity contribution in [2.45, 2.75) is 12.8 Å². The molecule has 5 nitrogen and oxygen atoms in total. The van der Waals surface area contributed by atoms with E-state index >= 15 is 0 Å². The fourth-order valence-electron chi connectivity index (χ4n) is 3.56. The Morgan fingerprint density at radius 3 is 2.53 bits per heavy atom. The molecular weight excluding hydrogens is 242 g/mol. The number of hydrogen-bond acceptors (Lipinski definition) is 4. The van der Waals surface area contributed by atoms with Crippen molar-refractivity contribution >= 4 is 5.91 Å². The van der Waals surface area contributed by atoms with E-state index in [-0.39, 0.29) is 0 Å². The van der Waals surface area contributed by atoms with Gasteiger partial charge in [-0.1, -0.05) is 0 Å². The number of hydrogen-bond donors (Lipinski definition) is 1. The van der Waals surface area contributed by atoms with Gasteiger partial charge in [0.25, 0.3) is 0 Å². The lowest BCUT2D eigenvalue weighted by Crippen LogP contribution is -2.40. The summed E-state index contributed by atoms with van der Waals surface area (Å²) in [6, 6.07) is 0. The van der Waals surface area contributed by atoms with Crippen molar-refractivity contribution in [1.82, 2.24) is 15.1 Å². The Bertz CT molecular complexity index is 306. The lowest BCUT2D eigenvalue weighted by atomic mass is 10.0. The summed E-state index contributed by atoms with van der Waals surface area (Å²) in [6.07, 6.45) is 1.70. The van der Waals surface area contributed by atoms with Crippen LogP contribution in [0.15, 0.2) is 0 Å². The molecule has 3 aliphatic rings. The Balaban J connectivity index is 1.33. The van der Waals surface area contributed by atoms with Gasteiger partial charge in [0, 0.05) is 32.6 Å². The van der Waals surface area contributed by atoms with Crippen molar-refractivity contribution in [2.24, 2.45) is 11.8 Å². The Morgan fingerprint density at radius 2 is 1.84 bits per heavy atom. The number of likely N-dealkylation sites (tertiary alicyclic amines) is 1. The van der Waals surface area contributed by atoms with Gasteiger partial charge in [0.05, 0.1) is 13.2 Å². The summed E-state index contributed by atoms with van der Waals surface area (Å²) >= 11 is 0. The zero-order valence-corrected chi connectivity index (χ0v) is 11.6. The zero-order chi connectivity index (χ0) is 13.1. The first-order valence-electron chi connectivity index (χ1n) is 7.61. The molecule has 0 spiro atoms. The quantitative estimate of drug-likeness (QED) is 0.765. The van der Waals surface area contributed by atoms with E-state index in [2.05, 4.69) is 10.2 Å². The van der Waals surface area contributed by atoms with E-state index in [9.17, 15) is 4.79 Å². The van der Waals surface area contributed by atoms with Crippen molar-refractivity contribution < 1.29 is 9.53 Å². The zero-order valence-electron chi connectivity index (χ0n) is 11.6. The fraction of sp³-hybridized carbons (Fsp3) is 0.929. The highest BCUT2D eigenvalue weighted by Crippen LogP contribution is 2.26. The lowest BCUT2D eigenvalue weighted by Gasteiger charge is -2.27. The van der Waals surface area contributed by atoms with Gasteiger partial charge in [-0.25, -0.2) is 0 Å². The maximum absolute atomic E-state index is 12.0. The van der Waals surface area contributed by atoms with Crippen molar-refractivity contribution in [1.29, 1.82) is 0 Å². The van der Waals surface area contributed by atoms with Gasteiger partial charge in [-0.3, -0.25) is 4.79 Å². The number of rotatable bonds is 4. The molecule has 3 fully saturated rings. The summed E-state index contributed by atoms with van der Waals surface area (Å²) < 4.78 is 5.27. The van der Waals surface area contributed by atoms with Crippen LogP contribution in [-0.4, -0.2) is 74.7 Å². The second-order valence-corrected chi connectivity index (χ2v) is 6.03. The van der Waals surface area contributed by atoms with E-state index in [0.29, 0.717) is 25.5 Å². The SMILES string of the molecule is O=C(CCCN1C[C@H]2CNC[C@H]2C1)N1CCOCC1. The van der Waals surface area contributed by atoms with Crippen LogP contribution in [0, 0.1) is 11.8 Å². The number of carbonyl (C=O) groups excluding carboxylic acids is 1. The van der Waals surface area contributed by atoms with E-state index in [1.54, 1.807) is 0 Å². The average Bonchev–Trinajstić information content (AvgIpc) is 3.00. The molecule has 0 radical (unpaired) electrons. The molecule has 0 aliphatic carbocycles. The largest absolute Gasteiger partial charge is 0.378 e. The van der Waals surface area contributed by atoms with E-state index in [1.165, 1.54) is 26.2 Å². The van der Waals surface area contributed by atoms with E-state index in [1.807, 2.05) is 4.90 Å². The van der Waals surface area contributed by atoms with Crippen molar-refractivity contribution in [3.63, 3.8) is 0 Å². The number of amides is 1. The van der Waals surface area contributed by atoms with Crippen LogP contribution < -0.4 is 5.32 Å². The van der Waals surface area contributed by atoms with E-state index in [4.69, 9.17) is 4.74 Å². The summed E-state index contributed by atoms with van der Waals surface area (Å²) in [5, 5.41) is 3.46. The van der Waals surface area contributed by atoms with Gasteiger partial charge in [0.2, 0.25) is 5.91 Å². The molecule has 1 N–H and O–H groups in total. The van der Waals surface area contributed by atoms with Crippen LogP contribution >= 0.6 is 0 Å². The molecule has 0 aromatic rings. The molecule has 0 bridgehead atoms. The van der Waals surface area contributed by atoms with Gasteiger partial charge in [-0.15, -0.1) is 0 Å². The third-order valence-corrected chi connectivity index (χ3v) is 4.69. The van der Waals surface area contributed by atoms with Crippen LogP contribution in [-0.2, 0) is 9.53 Å². The molecule has 0 unspecified atom stereocenters. The van der Waals surface area contributed by atoms with Crippen molar-refractivity contribution in [3.05, 3.63) is 0 Å². The highest BCUT2D eigenvalue weighted by Gasteiger charge is 2.35. The molecule has 1 amide bonds. The predicted molar refractivity (Wildman–Crippen MR) is 72.9 cm³/mol. The molecule has 0 aromatic heterocycles. The van der Waals surface area contributed by atoms with Gasteiger partial charge in [0.1, 0.15) is 0 Å². The Morgan fingerprint density at radius 1 is 1.16 bits per heavy atom. The molecule has 19 heavy (non-hydrogen) atoms. The first-order valence-corrected chi connectivity index (χ1v) is 7.61. The second-order valence-electron chi connectivity index (χ2n) is 6.03. The van der Waals surface area contributed by atoms with Crippen LogP contribution in [0.5, 0.6) is 0 Å². The lowest BCUT2D eigenvalue weighted by molar-refractivity contribution is -0.135. The molecule has 2 atom stereocenters. The minimum absolute atomic E-state index is 0.310. The third-order valence-electron chi connectivity index (χ3n) is 4.69. The molecule has 3 saturated heterocycles. The fourth-order valence-corrected chi connectivity index (χ4v) is 3.56. The highest BCUT2D eigenvalue weighted by atomic mass is 16.5. The third kappa shape index (κ3) is 3.27.